The molecule has 0 aliphatic carbocycles. The second-order valence-corrected chi connectivity index (χ2v) is 3.50. The molecule has 1 atom stereocenters. The van der Waals surface area contributed by atoms with E-state index in [0.717, 1.165) is 12.8 Å². The molecule has 0 saturated heterocycles. The summed E-state index contributed by atoms with van der Waals surface area (Å²) in [5, 5.41) is 10.0. The summed E-state index contributed by atoms with van der Waals surface area (Å²) in [6.07, 6.45) is 4.41. The van der Waals surface area contributed by atoms with Gasteiger partial charge in [-0.1, -0.05) is 33.3 Å². The van der Waals surface area contributed by atoms with Crippen LogP contribution in [0.1, 0.15) is 40.0 Å². The van der Waals surface area contributed by atoms with Gasteiger partial charge >= 0.3 is 0 Å². The van der Waals surface area contributed by atoms with Gasteiger partial charge in [-0.25, -0.2) is 0 Å². The van der Waals surface area contributed by atoms with Crippen LogP contribution >= 0.6 is 0 Å². The van der Waals surface area contributed by atoms with Crippen LogP contribution in [0.5, 0.6) is 0 Å². The van der Waals surface area contributed by atoms with E-state index in [9.17, 15) is 5.11 Å². The fourth-order valence-corrected chi connectivity index (χ4v) is 1.31. The number of hydrogen-bond donors (Lipinski definition) is 1. The van der Waals surface area contributed by atoms with Gasteiger partial charge in [-0.2, -0.15) is 0 Å². The molecular weight excluding hydrogens is 136 g/mol. The first kappa shape index (κ1) is 10.7. The molecule has 0 heterocycles. The molecule has 0 bridgehead atoms. The normalized spacial score (nSPS) is 16.5. The number of aliphatic hydroxyl groups is 1. The highest BCUT2D eigenvalue weighted by Gasteiger charge is 2.27. The summed E-state index contributed by atoms with van der Waals surface area (Å²) >= 11 is 0. The van der Waals surface area contributed by atoms with E-state index in [-0.39, 0.29) is 0 Å². The van der Waals surface area contributed by atoms with Crippen LogP contribution in [0.25, 0.3) is 0 Å². The Balaban J connectivity index is 4.12. The second-order valence-electron chi connectivity index (χ2n) is 3.50. The monoisotopic (exact) mass is 156 g/mol. The van der Waals surface area contributed by atoms with Crippen LogP contribution in [-0.2, 0) is 0 Å². The fraction of sp³-hybridized carbons (Fsp3) is 0.800. The SMILES string of the molecule is C=CC[C@](O)(CCC)C(C)C. The number of hydrogen-bond acceptors (Lipinski definition) is 1. The van der Waals surface area contributed by atoms with Crippen molar-refractivity contribution >= 4 is 0 Å². The lowest BCUT2D eigenvalue weighted by Gasteiger charge is -2.30. The Hall–Kier alpha value is -0.300. The van der Waals surface area contributed by atoms with Crippen molar-refractivity contribution in [3.05, 3.63) is 12.7 Å². The van der Waals surface area contributed by atoms with Gasteiger partial charge in [-0.05, 0) is 18.8 Å². The minimum absolute atomic E-state index is 0.320. The quantitative estimate of drug-likeness (QED) is 0.607. The third-order valence-electron chi connectivity index (χ3n) is 2.26. The van der Waals surface area contributed by atoms with Gasteiger partial charge in [0.2, 0.25) is 0 Å². The van der Waals surface area contributed by atoms with Gasteiger partial charge in [0.1, 0.15) is 0 Å². The van der Waals surface area contributed by atoms with E-state index in [4.69, 9.17) is 0 Å². The molecule has 66 valence electrons. The lowest BCUT2D eigenvalue weighted by Crippen LogP contribution is -2.34. The van der Waals surface area contributed by atoms with Gasteiger partial charge in [-0.15, -0.1) is 6.58 Å². The van der Waals surface area contributed by atoms with Gasteiger partial charge in [0, 0.05) is 0 Å². The topological polar surface area (TPSA) is 20.2 Å². The van der Waals surface area contributed by atoms with Crippen LogP contribution in [0.15, 0.2) is 12.7 Å². The van der Waals surface area contributed by atoms with Crippen LogP contribution in [0.2, 0.25) is 0 Å². The van der Waals surface area contributed by atoms with Crippen molar-refractivity contribution < 1.29 is 5.11 Å². The van der Waals surface area contributed by atoms with E-state index in [1.165, 1.54) is 0 Å². The highest BCUT2D eigenvalue weighted by atomic mass is 16.3. The van der Waals surface area contributed by atoms with Crippen molar-refractivity contribution in [2.75, 3.05) is 0 Å². The summed E-state index contributed by atoms with van der Waals surface area (Å²) in [6, 6.07) is 0. The molecular formula is C10H20O. The minimum Gasteiger partial charge on any atom is -0.389 e. The van der Waals surface area contributed by atoms with Gasteiger partial charge < -0.3 is 5.11 Å². The summed E-state index contributed by atoms with van der Waals surface area (Å²) in [4.78, 5) is 0. The van der Waals surface area contributed by atoms with Crippen molar-refractivity contribution in [2.24, 2.45) is 5.92 Å². The second kappa shape index (κ2) is 4.55. The molecule has 0 rings (SSSR count). The first-order chi connectivity index (χ1) is 5.06. The van der Waals surface area contributed by atoms with Crippen LogP contribution in [-0.4, -0.2) is 10.7 Å². The highest BCUT2D eigenvalue weighted by molar-refractivity contribution is 4.88. The maximum Gasteiger partial charge on any atom is 0.0704 e. The molecule has 0 aromatic heterocycles. The molecule has 0 aromatic carbocycles. The van der Waals surface area contributed by atoms with Crippen LogP contribution in [0.4, 0.5) is 0 Å². The molecule has 0 aliphatic rings. The minimum atomic E-state index is -0.517. The largest absolute Gasteiger partial charge is 0.389 e. The van der Waals surface area contributed by atoms with Crippen LogP contribution in [0.3, 0.4) is 0 Å². The van der Waals surface area contributed by atoms with E-state index in [2.05, 4.69) is 27.4 Å². The van der Waals surface area contributed by atoms with Crippen LogP contribution in [0, 0.1) is 5.92 Å². The first-order valence-corrected chi connectivity index (χ1v) is 4.40. The lowest BCUT2D eigenvalue weighted by molar-refractivity contribution is -0.0107. The Kier molecular flexibility index (Phi) is 4.43. The molecule has 1 heteroatoms. The zero-order chi connectivity index (χ0) is 8.91. The van der Waals surface area contributed by atoms with Crippen molar-refractivity contribution in [3.63, 3.8) is 0 Å². The average molecular weight is 156 g/mol. The molecule has 0 radical (unpaired) electrons. The third kappa shape index (κ3) is 3.06. The lowest BCUT2D eigenvalue weighted by atomic mass is 9.83. The molecule has 11 heavy (non-hydrogen) atoms. The van der Waals surface area contributed by atoms with Crippen molar-refractivity contribution in [1.82, 2.24) is 0 Å². The Bertz CT molecular complexity index is 118. The molecule has 1 N–H and O–H groups in total. The van der Waals surface area contributed by atoms with E-state index in [1.54, 1.807) is 6.08 Å². The summed E-state index contributed by atoms with van der Waals surface area (Å²) in [5.74, 6) is 0.320. The summed E-state index contributed by atoms with van der Waals surface area (Å²) in [6.45, 7) is 9.85. The molecule has 1 nitrogen and oxygen atoms in total. The smallest absolute Gasteiger partial charge is 0.0704 e. The number of rotatable bonds is 5. The van der Waals surface area contributed by atoms with Gasteiger partial charge in [0.05, 0.1) is 5.60 Å². The van der Waals surface area contributed by atoms with E-state index < -0.39 is 5.60 Å². The Morgan fingerprint density at radius 3 is 2.36 bits per heavy atom. The predicted octanol–water partition coefficient (Wildman–Crippen LogP) is 2.75. The summed E-state index contributed by atoms with van der Waals surface area (Å²) in [7, 11) is 0. The Labute approximate surface area is 70.1 Å². The van der Waals surface area contributed by atoms with Crippen molar-refractivity contribution in [1.29, 1.82) is 0 Å². The molecule has 0 spiro atoms. The van der Waals surface area contributed by atoms with Gasteiger partial charge in [-0.3, -0.25) is 0 Å². The maximum absolute atomic E-state index is 10.0. The molecule has 0 aliphatic heterocycles. The van der Waals surface area contributed by atoms with E-state index >= 15 is 0 Å². The maximum atomic E-state index is 10.0. The Morgan fingerprint density at radius 2 is 2.09 bits per heavy atom. The zero-order valence-corrected chi connectivity index (χ0v) is 7.93. The van der Waals surface area contributed by atoms with Gasteiger partial charge in [0.15, 0.2) is 0 Å². The highest BCUT2D eigenvalue weighted by Crippen LogP contribution is 2.26. The predicted molar refractivity (Wildman–Crippen MR) is 49.5 cm³/mol. The fourth-order valence-electron chi connectivity index (χ4n) is 1.31. The van der Waals surface area contributed by atoms with E-state index in [1.807, 2.05) is 0 Å². The van der Waals surface area contributed by atoms with Gasteiger partial charge in [0.25, 0.3) is 0 Å². The standard InChI is InChI=1S/C10H20O/c1-5-7-10(11,8-6-2)9(3)4/h5,9,11H,1,6-8H2,2-4H3/t10-/m0/s1. The third-order valence-corrected chi connectivity index (χ3v) is 2.26. The average Bonchev–Trinajstić information content (AvgIpc) is 1.88. The first-order valence-electron chi connectivity index (χ1n) is 4.40. The van der Waals surface area contributed by atoms with Crippen molar-refractivity contribution in [2.45, 2.75) is 45.6 Å². The molecule has 0 saturated carbocycles. The molecule has 0 unspecified atom stereocenters. The molecule has 0 fully saturated rings. The van der Waals surface area contributed by atoms with Crippen LogP contribution < -0.4 is 0 Å². The Morgan fingerprint density at radius 1 is 1.55 bits per heavy atom. The molecule has 0 amide bonds. The summed E-state index contributed by atoms with van der Waals surface area (Å²) < 4.78 is 0. The summed E-state index contributed by atoms with van der Waals surface area (Å²) in [5.41, 5.74) is -0.517. The van der Waals surface area contributed by atoms with Crippen molar-refractivity contribution in [3.8, 4) is 0 Å². The zero-order valence-electron chi connectivity index (χ0n) is 7.93. The molecule has 0 aromatic rings. The van der Waals surface area contributed by atoms with E-state index in [0.29, 0.717) is 12.3 Å².